The first-order chi connectivity index (χ1) is 9.13. The zero-order valence-corrected chi connectivity index (χ0v) is 13.3. The molecule has 3 nitrogen and oxygen atoms in total. The fourth-order valence-electron chi connectivity index (χ4n) is 3.63. The van der Waals surface area contributed by atoms with Gasteiger partial charge in [-0.3, -0.25) is 4.79 Å². The highest BCUT2D eigenvalue weighted by Crippen LogP contribution is 2.33. The predicted octanol–water partition coefficient (Wildman–Crippen LogP) is 2.51. The van der Waals surface area contributed by atoms with Gasteiger partial charge in [-0.05, 0) is 44.3 Å². The lowest BCUT2D eigenvalue weighted by atomic mass is 9.89. The van der Waals surface area contributed by atoms with E-state index >= 15 is 0 Å². The summed E-state index contributed by atoms with van der Waals surface area (Å²) in [5.74, 6) is 2.02. The number of rotatable bonds is 6. The minimum Gasteiger partial charge on any atom is -0.342 e. The van der Waals surface area contributed by atoms with Crippen molar-refractivity contribution in [1.29, 1.82) is 0 Å². The van der Waals surface area contributed by atoms with E-state index in [1.165, 1.54) is 25.7 Å². The maximum Gasteiger partial charge on any atom is 0.222 e. The molecule has 2 rings (SSSR count). The highest BCUT2D eigenvalue weighted by molar-refractivity contribution is 7.98. The quantitative estimate of drug-likeness (QED) is 0.813. The van der Waals surface area contributed by atoms with Crippen molar-refractivity contribution in [3.63, 3.8) is 0 Å². The topological polar surface area (TPSA) is 32.3 Å². The number of thioether (sulfide) groups is 1. The summed E-state index contributed by atoms with van der Waals surface area (Å²) in [5, 5.41) is 3.65. The number of hydrogen-bond acceptors (Lipinski definition) is 3. The summed E-state index contributed by atoms with van der Waals surface area (Å²) in [6, 6.07) is 1.78. The van der Waals surface area contributed by atoms with Crippen LogP contribution in [0, 0.1) is 5.92 Å². The second-order valence-electron chi connectivity index (χ2n) is 6.20. The second kappa shape index (κ2) is 6.98. The lowest BCUT2D eigenvalue weighted by molar-refractivity contribution is -0.132. The average Bonchev–Trinajstić information content (AvgIpc) is 2.74. The number of fused-ring (bicyclic) bond motifs is 2. The molecular weight excluding hydrogens is 256 g/mol. The number of hydrogen-bond donors (Lipinski definition) is 1. The predicted molar refractivity (Wildman–Crippen MR) is 82.5 cm³/mol. The van der Waals surface area contributed by atoms with E-state index < -0.39 is 0 Å². The van der Waals surface area contributed by atoms with E-state index in [0.717, 1.165) is 18.6 Å². The van der Waals surface area contributed by atoms with E-state index in [4.69, 9.17) is 0 Å². The Balaban J connectivity index is 1.82. The lowest BCUT2D eigenvalue weighted by Gasteiger charge is -2.32. The third-order valence-electron chi connectivity index (χ3n) is 4.81. The van der Waals surface area contributed by atoms with Crippen molar-refractivity contribution in [2.45, 2.75) is 63.6 Å². The van der Waals surface area contributed by atoms with Gasteiger partial charge in [0.2, 0.25) is 5.91 Å². The summed E-state index contributed by atoms with van der Waals surface area (Å²) in [6.45, 7) is 2.18. The molecule has 110 valence electrons. The zero-order valence-electron chi connectivity index (χ0n) is 12.5. The SMILES string of the molecule is CCC(CSC)N(C)C(=O)CC1CC2CCC(C1)N2. The van der Waals surface area contributed by atoms with Gasteiger partial charge in [0, 0.05) is 37.3 Å². The molecule has 0 aromatic carbocycles. The van der Waals surface area contributed by atoms with Gasteiger partial charge in [-0.15, -0.1) is 0 Å². The van der Waals surface area contributed by atoms with E-state index in [1.54, 1.807) is 0 Å². The van der Waals surface area contributed by atoms with Crippen LogP contribution in [-0.4, -0.2) is 48.0 Å². The Morgan fingerprint density at radius 2 is 2.00 bits per heavy atom. The van der Waals surface area contributed by atoms with Crippen LogP contribution >= 0.6 is 11.8 Å². The average molecular weight is 284 g/mol. The van der Waals surface area contributed by atoms with Crippen LogP contribution in [0.4, 0.5) is 0 Å². The Morgan fingerprint density at radius 1 is 1.37 bits per heavy atom. The van der Waals surface area contributed by atoms with Crippen LogP contribution < -0.4 is 5.32 Å². The number of amides is 1. The van der Waals surface area contributed by atoms with Crippen LogP contribution in [0.25, 0.3) is 0 Å². The van der Waals surface area contributed by atoms with Crippen molar-refractivity contribution < 1.29 is 4.79 Å². The van der Waals surface area contributed by atoms with Crippen LogP contribution in [0.3, 0.4) is 0 Å². The van der Waals surface area contributed by atoms with Gasteiger partial charge in [0.1, 0.15) is 0 Å². The number of carbonyl (C=O) groups excluding carboxylic acids is 1. The number of piperidine rings is 1. The van der Waals surface area contributed by atoms with Gasteiger partial charge in [0.25, 0.3) is 0 Å². The summed E-state index contributed by atoms with van der Waals surface area (Å²) in [6.07, 6.45) is 8.97. The Morgan fingerprint density at radius 3 is 2.53 bits per heavy atom. The fraction of sp³-hybridized carbons (Fsp3) is 0.933. The molecule has 0 radical (unpaired) electrons. The fourth-order valence-corrected chi connectivity index (χ4v) is 4.48. The highest BCUT2D eigenvalue weighted by atomic mass is 32.2. The molecule has 0 aromatic heterocycles. The van der Waals surface area contributed by atoms with Gasteiger partial charge in [0.05, 0.1) is 0 Å². The standard InChI is InChI=1S/C15H28N2OS/c1-4-14(10-19-3)17(2)15(18)9-11-7-12-5-6-13(8-11)16-12/h11-14,16H,4-10H2,1-3H3. The number of carbonyl (C=O) groups is 1. The maximum absolute atomic E-state index is 12.4. The molecule has 2 aliphatic heterocycles. The first kappa shape index (κ1) is 15.2. The molecule has 0 spiro atoms. The molecule has 0 saturated carbocycles. The van der Waals surface area contributed by atoms with E-state index in [0.29, 0.717) is 30.0 Å². The van der Waals surface area contributed by atoms with Crippen molar-refractivity contribution in [1.82, 2.24) is 10.2 Å². The van der Waals surface area contributed by atoms with E-state index in [-0.39, 0.29) is 0 Å². The molecule has 2 fully saturated rings. The smallest absolute Gasteiger partial charge is 0.222 e. The van der Waals surface area contributed by atoms with Crippen molar-refractivity contribution in [3.8, 4) is 0 Å². The summed E-state index contributed by atoms with van der Waals surface area (Å²) in [4.78, 5) is 14.4. The van der Waals surface area contributed by atoms with E-state index in [2.05, 4.69) is 18.5 Å². The van der Waals surface area contributed by atoms with Gasteiger partial charge >= 0.3 is 0 Å². The summed E-state index contributed by atoms with van der Waals surface area (Å²) in [5.41, 5.74) is 0. The molecular formula is C15H28N2OS. The Kier molecular flexibility index (Phi) is 5.58. The molecule has 3 unspecified atom stereocenters. The van der Waals surface area contributed by atoms with Crippen LogP contribution in [0.1, 0.15) is 45.4 Å². The Hall–Kier alpha value is -0.220. The molecule has 2 aliphatic rings. The molecule has 2 heterocycles. The molecule has 0 aliphatic carbocycles. The number of nitrogens with zero attached hydrogens (tertiary/aromatic N) is 1. The molecule has 1 amide bonds. The van der Waals surface area contributed by atoms with Crippen molar-refractivity contribution in [2.24, 2.45) is 5.92 Å². The minimum absolute atomic E-state index is 0.354. The minimum atomic E-state index is 0.354. The largest absolute Gasteiger partial charge is 0.342 e. The third-order valence-corrected chi connectivity index (χ3v) is 5.52. The normalized spacial score (nSPS) is 31.2. The van der Waals surface area contributed by atoms with Crippen molar-refractivity contribution >= 4 is 17.7 Å². The number of nitrogens with one attached hydrogen (secondary N) is 1. The first-order valence-electron chi connectivity index (χ1n) is 7.64. The summed E-state index contributed by atoms with van der Waals surface area (Å²) < 4.78 is 0. The van der Waals surface area contributed by atoms with Gasteiger partial charge in [-0.1, -0.05) is 6.92 Å². The van der Waals surface area contributed by atoms with Crippen molar-refractivity contribution in [2.75, 3.05) is 19.1 Å². The molecule has 3 atom stereocenters. The van der Waals surface area contributed by atoms with Crippen LogP contribution in [0.15, 0.2) is 0 Å². The Labute approximate surface area is 121 Å². The molecule has 4 heteroatoms. The summed E-state index contributed by atoms with van der Waals surface area (Å²) in [7, 11) is 1.99. The molecule has 2 bridgehead atoms. The highest BCUT2D eigenvalue weighted by Gasteiger charge is 2.34. The molecule has 1 N–H and O–H groups in total. The van der Waals surface area contributed by atoms with Gasteiger partial charge < -0.3 is 10.2 Å². The maximum atomic E-state index is 12.4. The zero-order chi connectivity index (χ0) is 13.8. The van der Waals surface area contributed by atoms with Crippen LogP contribution in [0.2, 0.25) is 0 Å². The lowest BCUT2D eigenvalue weighted by Crippen LogP contribution is -2.42. The van der Waals surface area contributed by atoms with Gasteiger partial charge in [0.15, 0.2) is 0 Å². The van der Waals surface area contributed by atoms with E-state index in [1.807, 2.05) is 23.7 Å². The molecule has 19 heavy (non-hydrogen) atoms. The van der Waals surface area contributed by atoms with Gasteiger partial charge in [-0.2, -0.15) is 11.8 Å². The van der Waals surface area contributed by atoms with Crippen LogP contribution in [-0.2, 0) is 4.79 Å². The molecule has 0 aromatic rings. The van der Waals surface area contributed by atoms with Gasteiger partial charge in [-0.25, -0.2) is 0 Å². The van der Waals surface area contributed by atoms with Crippen molar-refractivity contribution in [3.05, 3.63) is 0 Å². The Bertz CT molecular complexity index is 299. The first-order valence-corrected chi connectivity index (χ1v) is 9.04. The van der Waals surface area contributed by atoms with Crippen LogP contribution in [0.5, 0.6) is 0 Å². The third kappa shape index (κ3) is 3.88. The molecule has 2 saturated heterocycles. The van der Waals surface area contributed by atoms with E-state index in [9.17, 15) is 4.79 Å². The monoisotopic (exact) mass is 284 g/mol. The second-order valence-corrected chi connectivity index (χ2v) is 7.11. The summed E-state index contributed by atoms with van der Waals surface area (Å²) >= 11 is 1.83.